The van der Waals surface area contributed by atoms with E-state index in [1.807, 2.05) is 6.92 Å². The van der Waals surface area contributed by atoms with Gasteiger partial charge in [-0.3, -0.25) is 14.5 Å². The third kappa shape index (κ3) is 3.50. The van der Waals surface area contributed by atoms with Gasteiger partial charge in [0.25, 0.3) is 5.91 Å². The molecule has 0 unspecified atom stereocenters. The molecule has 1 aromatic carbocycles. The summed E-state index contributed by atoms with van der Waals surface area (Å²) in [6, 6.07) is 6.55. The van der Waals surface area contributed by atoms with Crippen LogP contribution in [0, 0.1) is 5.92 Å². The second-order valence-corrected chi connectivity index (χ2v) is 7.37. The highest BCUT2D eigenvalue weighted by Crippen LogP contribution is 2.33. The largest absolute Gasteiger partial charge is 0.497 e. The molecule has 0 radical (unpaired) electrons. The Hall–Kier alpha value is -2.57. The van der Waals surface area contributed by atoms with Crippen molar-refractivity contribution < 1.29 is 19.1 Å². The zero-order chi connectivity index (χ0) is 19.6. The molecule has 2 aliphatic rings. The molecule has 146 valence electrons. The lowest BCUT2D eigenvalue weighted by Crippen LogP contribution is -2.47. The lowest BCUT2D eigenvalue weighted by atomic mass is 9.87. The van der Waals surface area contributed by atoms with E-state index in [1.165, 1.54) is 0 Å². The lowest BCUT2D eigenvalue weighted by molar-refractivity contribution is -0.140. The normalized spacial score (nSPS) is 23.5. The number of rotatable bonds is 5. The van der Waals surface area contributed by atoms with Crippen molar-refractivity contribution in [2.24, 2.45) is 5.92 Å². The summed E-state index contributed by atoms with van der Waals surface area (Å²) in [6.07, 6.45) is 2.31. The summed E-state index contributed by atoms with van der Waals surface area (Å²) in [5, 5.41) is 2.81. The average Bonchev–Trinajstić information content (AvgIpc) is 2.93. The van der Waals surface area contributed by atoms with Crippen LogP contribution in [0.1, 0.15) is 38.7 Å². The highest BCUT2D eigenvalue weighted by Gasteiger charge is 2.51. The summed E-state index contributed by atoms with van der Waals surface area (Å²) < 4.78 is 5.16. The van der Waals surface area contributed by atoms with Gasteiger partial charge in [0.15, 0.2) is 0 Å². The van der Waals surface area contributed by atoms with Crippen LogP contribution in [0.4, 0.5) is 4.79 Å². The third-order valence-electron chi connectivity index (χ3n) is 5.72. The smallest absolute Gasteiger partial charge is 0.325 e. The molecule has 7 nitrogen and oxygen atoms in total. The van der Waals surface area contributed by atoms with E-state index in [0.717, 1.165) is 17.7 Å². The van der Waals surface area contributed by atoms with Gasteiger partial charge in [0.05, 0.1) is 7.11 Å². The number of carbonyl (C=O) groups is 3. The number of hydrogen-bond acceptors (Lipinski definition) is 4. The van der Waals surface area contributed by atoms with Crippen LogP contribution in [0.5, 0.6) is 5.75 Å². The van der Waals surface area contributed by atoms with E-state index in [1.54, 1.807) is 36.3 Å². The summed E-state index contributed by atoms with van der Waals surface area (Å²) in [5.74, 6) is 0.729. The summed E-state index contributed by atoms with van der Waals surface area (Å²) in [7, 11) is 1.57. The average molecular weight is 373 g/mol. The Balaban J connectivity index is 1.77. The van der Waals surface area contributed by atoms with Crippen LogP contribution in [0.3, 0.4) is 0 Å². The maximum Gasteiger partial charge on any atom is 0.325 e. The van der Waals surface area contributed by atoms with Gasteiger partial charge in [-0.2, -0.15) is 0 Å². The molecule has 3 rings (SSSR count). The first-order chi connectivity index (χ1) is 12.9. The number of nitrogens with one attached hydrogen (secondary N) is 1. The molecule has 0 bridgehead atoms. The van der Waals surface area contributed by atoms with Gasteiger partial charge in [0.2, 0.25) is 5.91 Å². The first-order valence-electron chi connectivity index (χ1n) is 9.47. The number of piperidine rings is 1. The van der Waals surface area contributed by atoms with Crippen molar-refractivity contribution in [3.63, 3.8) is 0 Å². The molecular weight excluding hydrogens is 346 g/mol. The molecule has 27 heavy (non-hydrogen) atoms. The number of hydrogen-bond donors (Lipinski definition) is 1. The molecule has 2 aliphatic heterocycles. The van der Waals surface area contributed by atoms with Crippen LogP contribution >= 0.6 is 0 Å². The van der Waals surface area contributed by atoms with Crippen molar-refractivity contribution in [1.82, 2.24) is 15.1 Å². The highest BCUT2D eigenvalue weighted by atomic mass is 16.5. The van der Waals surface area contributed by atoms with Gasteiger partial charge in [0, 0.05) is 13.1 Å². The van der Waals surface area contributed by atoms with Gasteiger partial charge >= 0.3 is 6.03 Å². The minimum absolute atomic E-state index is 0.174. The fourth-order valence-corrected chi connectivity index (χ4v) is 3.78. The van der Waals surface area contributed by atoms with Crippen molar-refractivity contribution in [1.29, 1.82) is 0 Å². The predicted octanol–water partition coefficient (Wildman–Crippen LogP) is 2.11. The maximum absolute atomic E-state index is 13.1. The lowest BCUT2D eigenvalue weighted by Gasteiger charge is -2.31. The van der Waals surface area contributed by atoms with Crippen LogP contribution in [0.2, 0.25) is 0 Å². The maximum atomic E-state index is 13.1. The van der Waals surface area contributed by atoms with E-state index in [0.29, 0.717) is 36.7 Å². The zero-order valence-corrected chi connectivity index (χ0v) is 16.2. The van der Waals surface area contributed by atoms with Crippen molar-refractivity contribution in [2.45, 2.75) is 38.6 Å². The van der Waals surface area contributed by atoms with Crippen LogP contribution in [-0.4, -0.2) is 54.4 Å². The molecule has 2 saturated heterocycles. The summed E-state index contributed by atoms with van der Waals surface area (Å²) in [5.41, 5.74) is -0.453. The van der Waals surface area contributed by atoms with Gasteiger partial charge < -0.3 is 15.0 Å². The quantitative estimate of drug-likeness (QED) is 0.802. The number of amides is 4. The van der Waals surface area contributed by atoms with Crippen molar-refractivity contribution >= 4 is 17.8 Å². The summed E-state index contributed by atoms with van der Waals surface area (Å²) >= 11 is 0. The van der Waals surface area contributed by atoms with E-state index in [-0.39, 0.29) is 18.4 Å². The number of ether oxygens (including phenoxy) is 1. The molecule has 0 spiro atoms. The Bertz CT molecular complexity index is 725. The Labute approximate surface area is 159 Å². The van der Waals surface area contributed by atoms with Crippen molar-refractivity contribution in [3.05, 3.63) is 29.8 Å². The van der Waals surface area contributed by atoms with Crippen LogP contribution in [0.25, 0.3) is 0 Å². The molecule has 2 heterocycles. The SMILES string of the molecule is CC[C@]1(c2ccc(OC)cc2)NC(=O)N(CC(=O)N2CCC(C)CC2)C1=O. The van der Waals surface area contributed by atoms with E-state index in [9.17, 15) is 14.4 Å². The number of benzene rings is 1. The Morgan fingerprint density at radius 1 is 1.22 bits per heavy atom. The Kier molecular flexibility index (Phi) is 5.39. The van der Waals surface area contributed by atoms with Gasteiger partial charge in [-0.05, 0) is 42.9 Å². The molecule has 1 atom stereocenters. The second kappa shape index (κ2) is 7.58. The van der Waals surface area contributed by atoms with Crippen LogP contribution in [0.15, 0.2) is 24.3 Å². The molecule has 4 amide bonds. The first-order valence-corrected chi connectivity index (χ1v) is 9.47. The predicted molar refractivity (Wildman–Crippen MR) is 100 cm³/mol. The standard InChI is InChI=1S/C20H27N3O4/c1-4-20(15-5-7-16(27-3)8-6-15)18(25)23(19(26)21-20)13-17(24)22-11-9-14(2)10-12-22/h5-8,14H,4,9-13H2,1-3H3,(H,21,26)/t20-/m1/s1. The van der Waals surface area contributed by atoms with E-state index in [2.05, 4.69) is 12.2 Å². The van der Waals surface area contributed by atoms with Gasteiger partial charge in [0.1, 0.15) is 17.8 Å². The zero-order valence-electron chi connectivity index (χ0n) is 16.2. The van der Waals surface area contributed by atoms with Gasteiger partial charge in [-0.15, -0.1) is 0 Å². The molecule has 0 aromatic heterocycles. The third-order valence-corrected chi connectivity index (χ3v) is 5.72. The molecular formula is C20H27N3O4. The molecule has 0 saturated carbocycles. The van der Waals surface area contributed by atoms with Crippen LogP contribution < -0.4 is 10.1 Å². The fraction of sp³-hybridized carbons (Fsp3) is 0.550. The second-order valence-electron chi connectivity index (χ2n) is 7.37. The topological polar surface area (TPSA) is 79.0 Å². The summed E-state index contributed by atoms with van der Waals surface area (Å²) in [6.45, 7) is 5.17. The highest BCUT2D eigenvalue weighted by molar-refractivity contribution is 6.09. The fourth-order valence-electron chi connectivity index (χ4n) is 3.78. The number of urea groups is 1. The number of imide groups is 1. The van der Waals surface area contributed by atoms with Crippen LogP contribution in [-0.2, 0) is 15.1 Å². The molecule has 1 aromatic rings. The van der Waals surface area contributed by atoms with Crippen molar-refractivity contribution in [3.8, 4) is 5.75 Å². The Morgan fingerprint density at radius 2 is 1.85 bits per heavy atom. The van der Waals surface area contributed by atoms with E-state index in [4.69, 9.17) is 4.74 Å². The molecule has 1 N–H and O–H groups in total. The van der Waals surface area contributed by atoms with E-state index < -0.39 is 11.6 Å². The van der Waals surface area contributed by atoms with Gasteiger partial charge in [-0.1, -0.05) is 26.0 Å². The first kappa shape index (κ1) is 19.2. The summed E-state index contributed by atoms with van der Waals surface area (Å²) in [4.78, 5) is 41.1. The minimum atomic E-state index is -1.14. The van der Waals surface area contributed by atoms with E-state index >= 15 is 0 Å². The minimum Gasteiger partial charge on any atom is -0.497 e. The van der Waals surface area contributed by atoms with Gasteiger partial charge in [-0.25, -0.2) is 4.79 Å². The molecule has 7 heteroatoms. The number of likely N-dealkylation sites (tertiary alicyclic amines) is 1. The monoisotopic (exact) mass is 373 g/mol. The number of methoxy groups -OCH3 is 1. The molecule has 2 fully saturated rings. The number of nitrogens with zero attached hydrogens (tertiary/aromatic N) is 2. The number of carbonyl (C=O) groups excluding carboxylic acids is 3. The van der Waals surface area contributed by atoms with Crippen molar-refractivity contribution in [2.75, 3.05) is 26.7 Å². The molecule has 0 aliphatic carbocycles. The Morgan fingerprint density at radius 3 is 2.41 bits per heavy atom.